The first-order valence-electron chi connectivity index (χ1n) is 8.90. The highest BCUT2D eigenvalue weighted by molar-refractivity contribution is 6.08. The molecule has 0 unspecified atom stereocenters. The van der Waals surface area contributed by atoms with Crippen molar-refractivity contribution in [2.24, 2.45) is 5.10 Å². The fourth-order valence-corrected chi connectivity index (χ4v) is 3.61. The highest BCUT2D eigenvalue weighted by Crippen LogP contribution is 2.37. The van der Waals surface area contributed by atoms with E-state index in [-0.39, 0.29) is 12.0 Å². The number of rotatable bonds is 4. The summed E-state index contributed by atoms with van der Waals surface area (Å²) in [6.45, 7) is 2.24. The maximum absolute atomic E-state index is 5.32. The molecule has 0 radical (unpaired) electrons. The van der Waals surface area contributed by atoms with Gasteiger partial charge in [0.15, 0.2) is 0 Å². The molecule has 0 spiro atoms. The van der Waals surface area contributed by atoms with Gasteiger partial charge in [-0.3, -0.25) is 5.01 Å². The van der Waals surface area contributed by atoms with Crippen molar-refractivity contribution in [1.82, 2.24) is 0 Å². The molecule has 0 bridgehead atoms. The van der Waals surface area contributed by atoms with Crippen LogP contribution in [0.15, 0.2) is 90.0 Å². The lowest BCUT2D eigenvalue weighted by atomic mass is 9.85. The van der Waals surface area contributed by atoms with Gasteiger partial charge in [-0.25, -0.2) is 0 Å². The van der Waals surface area contributed by atoms with E-state index in [0.717, 1.165) is 17.1 Å². The van der Waals surface area contributed by atoms with Gasteiger partial charge in [-0.15, -0.1) is 0 Å². The topological polar surface area (TPSA) is 24.8 Å². The van der Waals surface area contributed by atoms with Crippen molar-refractivity contribution in [3.05, 3.63) is 96.1 Å². The predicted molar refractivity (Wildman–Crippen MR) is 107 cm³/mol. The first kappa shape index (κ1) is 16.4. The number of hydrogen-bond acceptors (Lipinski definition) is 3. The average Bonchev–Trinajstić information content (AvgIpc) is 3.06. The molecule has 3 aromatic carbocycles. The van der Waals surface area contributed by atoms with Gasteiger partial charge in [0, 0.05) is 0 Å². The average molecular weight is 342 g/mol. The van der Waals surface area contributed by atoms with Crippen molar-refractivity contribution in [2.45, 2.75) is 18.9 Å². The Morgan fingerprint density at radius 1 is 0.808 bits per heavy atom. The molecular formula is C23H22N2O. The van der Waals surface area contributed by atoms with E-state index < -0.39 is 0 Å². The maximum Gasteiger partial charge on any atom is 0.118 e. The van der Waals surface area contributed by atoms with Crippen molar-refractivity contribution < 1.29 is 4.74 Å². The quantitative estimate of drug-likeness (QED) is 0.659. The molecule has 0 aromatic heterocycles. The maximum atomic E-state index is 5.32. The van der Waals surface area contributed by atoms with Crippen LogP contribution in [0.1, 0.15) is 24.0 Å². The second-order valence-corrected chi connectivity index (χ2v) is 6.52. The van der Waals surface area contributed by atoms with Gasteiger partial charge in [0.2, 0.25) is 0 Å². The third kappa shape index (κ3) is 2.97. The molecule has 130 valence electrons. The zero-order chi connectivity index (χ0) is 17.9. The first-order valence-corrected chi connectivity index (χ1v) is 8.90. The molecule has 1 heterocycles. The molecular weight excluding hydrogens is 320 g/mol. The minimum atomic E-state index is 0.198. The Kier molecular flexibility index (Phi) is 4.44. The summed E-state index contributed by atoms with van der Waals surface area (Å²) in [7, 11) is 1.70. The molecule has 1 aliphatic heterocycles. The van der Waals surface area contributed by atoms with Crippen LogP contribution in [0, 0.1) is 0 Å². The summed E-state index contributed by atoms with van der Waals surface area (Å²) < 4.78 is 5.32. The molecule has 2 atom stereocenters. The fraction of sp³-hybridized carbons (Fsp3) is 0.174. The van der Waals surface area contributed by atoms with Gasteiger partial charge in [-0.05, 0) is 42.3 Å². The van der Waals surface area contributed by atoms with Crippen LogP contribution < -0.4 is 9.75 Å². The molecule has 0 amide bonds. The molecule has 3 nitrogen and oxygen atoms in total. The fourth-order valence-electron chi connectivity index (χ4n) is 3.61. The molecule has 3 heteroatoms. The number of benzene rings is 3. The molecule has 0 saturated carbocycles. The van der Waals surface area contributed by atoms with Crippen molar-refractivity contribution in [2.75, 3.05) is 12.1 Å². The monoisotopic (exact) mass is 342 g/mol. The van der Waals surface area contributed by atoms with Crippen LogP contribution in [0.2, 0.25) is 0 Å². The van der Waals surface area contributed by atoms with Crippen LogP contribution in [0.3, 0.4) is 0 Å². The van der Waals surface area contributed by atoms with Gasteiger partial charge in [0.1, 0.15) is 5.75 Å². The van der Waals surface area contributed by atoms with Crippen LogP contribution in [-0.2, 0) is 0 Å². The summed E-state index contributed by atoms with van der Waals surface area (Å²) >= 11 is 0. The molecule has 0 N–H and O–H groups in total. The van der Waals surface area contributed by atoms with Crippen LogP contribution in [-0.4, -0.2) is 18.9 Å². The third-order valence-electron chi connectivity index (χ3n) is 4.94. The summed E-state index contributed by atoms with van der Waals surface area (Å²) in [6, 6.07) is 29.4. The predicted octanol–water partition coefficient (Wildman–Crippen LogP) is 5.09. The van der Waals surface area contributed by atoms with Crippen LogP contribution in [0.25, 0.3) is 0 Å². The lowest BCUT2D eigenvalue weighted by molar-refractivity contribution is 0.414. The van der Waals surface area contributed by atoms with Crippen LogP contribution in [0.4, 0.5) is 5.69 Å². The highest BCUT2D eigenvalue weighted by Gasteiger charge is 2.36. The summed E-state index contributed by atoms with van der Waals surface area (Å²) in [5, 5.41) is 7.16. The van der Waals surface area contributed by atoms with E-state index in [0.29, 0.717) is 0 Å². The molecule has 1 aliphatic rings. The molecule has 3 aromatic rings. The van der Waals surface area contributed by atoms with E-state index in [2.05, 4.69) is 72.6 Å². The second kappa shape index (κ2) is 7.04. The number of hydrazone groups is 1. The number of para-hydroxylation sites is 1. The summed E-state index contributed by atoms with van der Waals surface area (Å²) in [5.74, 6) is 1.07. The Labute approximate surface area is 154 Å². The van der Waals surface area contributed by atoms with Gasteiger partial charge in [0.25, 0.3) is 0 Å². The summed E-state index contributed by atoms with van der Waals surface area (Å²) in [6.07, 6.45) is 0. The molecule has 26 heavy (non-hydrogen) atoms. The zero-order valence-electron chi connectivity index (χ0n) is 15.0. The first-order chi connectivity index (χ1) is 12.8. The van der Waals surface area contributed by atoms with E-state index in [1.807, 2.05) is 24.3 Å². The van der Waals surface area contributed by atoms with E-state index >= 15 is 0 Å². The van der Waals surface area contributed by atoms with Crippen LogP contribution in [0.5, 0.6) is 5.75 Å². The number of ether oxygens (including phenoxy) is 1. The van der Waals surface area contributed by atoms with Crippen molar-refractivity contribution in [3.8, 4) is 5.75 Å². The van der Waals surface area contributed by atoms with Crippen molar-refractivity contribution in [1.29, 1.82) is 0 Å². The van der Waals surface area contributed by atoms with Crippen molar-refractivity contribution >= 4 is 11.4 Å². The zero-order valence-corrected chi connectivity index (χ0v) is 15.0. The van der Waals surface area contributed by atoms with Gasteiger partial charge in [-0.2, -0.15) is 5.10 Å². The summed E-state index contributed by atoms with van der Waals surface area (Å²) in [5.41, 5.74) is 4.63. The Hall–Kier alpha value is -3.07. The largest absolute Gasteiger partial charge is 0.497 e. The number of anilines is 1. The van der Waals surface area contributed by atoms with E-state index in [4.69, 9.17) is 9.84 Å². The van der Waals surface area contributed by atoms with Crippen molar-refractivity contribution in [3.63, 3.8) is 0 Å². The SMILES string of the molecule is COc1ccc([C@H]2C(c3ccccc3)=NN(c3ccccc3)[C@@H]2C)cc1. The number of nitrogens with zero attached hydrogens (tertiary/aromatic N) is 2. The Morgan fingerprint density at radius 2 is 1.42 bits per heavy atom. The Balaban J connectivity index is 1.78. The lowest BCUT2D eigenvalue weighted by Crippen LogP contribution is -2.29. The minimum absolute atomic E-state index is 0.198. The van der Waals surface area contributed by atoms with E-state index in [1.54, 1.807) is 7.11 Å². The molecule has 0 saturated heterocycles. The normalized spacial score (nSPS) is 19.3. The molecule has 4 rings (SSSR count). The van der Waals surface area contributed by atoms with Crippen LogP contribution >= 0.6 is 0 Å². The number of methoxy groups -OCH3 is 1. The highest BCUT2D eigenvalue weighted by atomic mass is 16.5. The minimum Gasteiger partial charge on any atom is -0.497 e. The second-order valence-electron chi connectivity index (χ2n) is 6.52. The Bertz CT molecular complexity index is 889. The van der Waals surface area contributed by atoms with Gasteiger partial charge < -0.3 is 4.74 Å². The molecule has 0 fully saturated rings. The van der Waals surface area contributed by atoms with E-state index in [9.17, 15) is 0 Å². The molecule has 0 aliphatic carbocycles. The standard InChI is InChI=1S/C23H22N2O/c1-17-22(18-13-15-21(26-2)16-14-18)23(19-9-5-3-6-10-19)24-25(17)20-11-7-4-8-12-20/h3-17,22H,1-2H3/t17-,22+/m1/s1. The van der Waals surface area contributed by atoms with Gasteiger partial charge in [-0.1, -0.05) is 60.7 Å². The van der Waals surface area contributed by atoms with Gasteiger partial charge in [0.05, 0.1) is 30.5 Å². The summed E-state index contributed by atoms with van der Waals surface area (Å²) in [4.78, 5) is 0. The Morgan fingerprint density at radius 3 is 2.04 bits per heavy atom. The van der Waals surface area contributed by atoms with E-state index in [1.165, 1.54) is 11.1 Å². The smallest absolute Gasteiger partial charge is 0.118 e. The van der Waals surface area contributed by atoms with Gasteiger partial charge >= 0.3 is 0 Å². The third-order valence-corrected chi connectivity index (χ3v) is 4.94. The lowest BCUT2D eigenvalue weighted by Gasteiger charge is -2.25. The number of hydrogen-bond donors (Lipinski definition) is 0.